The maximum Gasteiger partial charge on any atom is 0.200 e. The Morgan fingerprint density at radius 1 is 0.743 bits per heavy atom. The number of carbonyl (C=O) groups excluding carboxylic acids is 3. The van der Waals surface area contributed by atoms with Gasteiger partial charge in [-0.05, 0) is 25.1 Å². The lowest BCUT2D eigenvalue weighted by atomic mass is 9.80. The van der Waals surface area contributed by atoms with Crippen molar-refractivity contribution in [3.05, 3.63) is 46.0 Å². The number of phenols is 2. The van der Waals surface area contributed by atoms with Crippen molar-refractivity contribution in [3.63, 3.8) is 0 Å². The summed E-state index contributed by atoms with van der Waals surface area (Å²) in [6.07, 6.45) is 0. The minimum absolute atomic E-state index is 0.0162. The van der Waals surface area contributed by atoms with Gasteiger partial charge < -0.3 is 41.7 Å². The lowest BCUT2D eigenvalue weighted by molar-refractivity contribution is 0.0972. The lowest BCUT2D eigenvalue weighted by Crippen LogP contribution is -2.29. The summed E-state index contributed by atoms with van der Waals surface area (Å²) in [6.45, 7) is 3.68. The first kappa shape index (κ1) is 26.1. The van der Waals surface area contributed by atoms with E-state index in [4.69, 9.17) is 10.2 Å². The van der Waals surface area contributed by atoms with Crippen molar-refractivity contribution in [2.45, 2.75) is 6.92 Å². The van der Waals surface area contributed by atoms with E-state index in [0.29, 0.717) is 50.6 Å². The molecule has 0 aromatic heterocycles. The van der Waals surface area contributed by atoms with Crippen molar-refractivity contribution >= 4 is 28.7 Å². The molecule has 3 rings (SSSR count). The third-order valence-electron chi connectivity index (χ3n) is 5.58. The Morgan fingerprint density at radius 2 is 1.23 bits per heavy atom. The Hall–Kier alpha value is -3.51. The Kier molecular flexibility index (Phi) is 8.77. The number of phenolic OH excluding ortho intramolecular Hbond substituents is 2. The summed E-state index contributed by atoms with van der Waals surface area (Å²) in [5, 5.41) is 51.2. The molecule has 0 atom stereocenters. The van der Waals surface area contributed by atoms with Crippen molar-refractivity contribution in [1.82, 2.24) is 10.6 Å². The zero-order chi connectivity index (χ0) is 25.5. The Bertz CT molecular complexity index is 1130. The fraction of sp³-hybridized carbons (Fsp3) is 0.375. The zero-order valence-electron chi connectivity index (χ0n) is 19.4. The third-order valence-corrected chi connectivity index (χ3v) is 5.58. The van der Waals surface area contributed by atoms with Crippen LogP contribution in [-0.4, -0.2) is 90.3 Å². The van der Waals surface area contributed by atoms with E-state index in [2.05, 4.69) is 21.3 Å². The first-order valence-corrected chi connectivity index (χ1v) is 11.3. The molecular weight excluding hydrogens is 456 g/mol. The fourth-order valence-electron chi connectivity index (χ4n) is 3.98. The predicted octanol–water partition coefficient (Wildman–Crippen LogP) is 0.0634. The number of fused-ring (bicyclic) bond motifs is 2. The minimum atomic E-state index is -0.696. The van der Waals surface area contributed by atoms with E-state index in [1.54, 1.807) is 12.1 Å². The van der Waals surface area contributed by atoms with Crippen LogP contribution in [0.4, 0.5) is 11.4 Å². The average Bonchev–Trinajstić information content (AvgIpc) is 2.83. The molecule has 0 saturated carbocycles. The number of carbonyl (C=O) groups is 3. The first-order valence-electron chi connectivity index (χ1n) is 11.3. The Morgan fingerprint density at radius 3 is 1.69 bits per heavy atom. The van der Waals surface area contributed by atoms with Gasteiger partial charge in [-0.1, -0.05) is 0 Å². The quantitative estimate of drug-likeness (QED) is 0.0930. The highest BCUT2D eigenvalue weighted by molar-refractivity contribution is 6.34. The van der Waals surface area contributed by atoms with Crippen LogP contribution in [-0.2, 0) is 0 Å². The van der Waals surface area contributed by atoms with Gasteiger partial charge in [0, 0.05) is 50.6 Å². The van der Waals surface area contributed by atoms with Crippen LogP contribution in [0, 0.1) is 0 Å². The van der Waals surface area contributed by atoms with Gasteiger partial charge in [0.05, 0.1) is 41.0 Å². The highest BCUT2D eigenvalue weighted by Gasteiger charge is 2.39. The van der Waals surface area contributed by atoms with Crippen molar-refractivity contribution in [3.8, 4) is 11.5 Å². The second kappa shape index (κ2) is 11.8. The number of anilines is 2. The van der Waals surface area contributed by atoms with Crippen LogP contribution in [0.15, 0.2) is 18.2 Å². The number of nitrogens with one attached hydrogen (secondary N) is 4. The van der Waals surface area contributed by atoms with Crippen molar-refractivity contribution in [2.75, 3.05) is 63.1 Å². The van der Waals surface area contributed by atoms with Crippen LogP contribution in [0.1, 0.15) is 49.1 Å². The number of hydrogen-bond donors (Lipinski definition) is 8. The average molecular weight is 487 g/mol. The van der Waals surface area contributed by atoms with E-state index in [-0.39, 0.29) is 35.5 Å². The zero-order valence-corrected chi connectivity index (χ0v) is 19.4. The summed E-state index contributed by atoms with van der Waals surface area (Å²) in [5.41, 5.74) is -0.224. The van der Waals surface area contributed by atoms with Gasteiger partial charge in [-0.3, -0.25) is 14.4 Å². The normalized spacial score (nSPS) is 12.3. The van der Waals surface area contributed by atoms with Crippen LogP contribution < -0.4 is 21.3 Å². The summed E-state index contributed by atoms with van der Waals surface area (Å²) >= 11 is 0. The fourth-order valence-corrected chi connectivity index (χ4v) is 3.98. The molecule has 0 aliphatic heterocycles. The molecule has 0 unspecified atom stereocenters. The number of aromatic hydroxyl groups is 2. The van der Waals surface area contributed by atoms with Crippen LogP contribution in [0.2, 0.25) is 0 Å². The van der Waals surface area contributed by atoms with Crippen molar-refractivity contribution < 1.29 is 34.8 Å². The van der Waals surface area contributed by atoms with Gasteiger partial charge in [-0.2, -0.15) is 0 Å². The van der Waals surface area contributed by atoms with Crippen molar-refractivity contribution in [2.24, 2.45) is 0 Å². The van der Waals surface area contributed by atoms with Gasteiger partial charge in [0.1, 0.15) is 11.5 Å². The molecular formula is C24H30N4O7. The topological polar surface area (TPSA) is 180 Å². The maximum absolute atomic E-state index is 13.6. The lowest BCUT2D eigenvalue weighted by Gasteiger charge is -2.25. The van der Waals surface area contributed by atoms with E-state index in [1.807, 2.05) is 0 Å². The largest absolute Gasteiger partial charge is 0.507 e. The van der Waals surface area contributed by atoms with Gasteiger partial charge in [0.25, 0.3) is 0 Å². The number of hydrogen-bond acceptors (Lipinski definition) is 11. The number of rotatable bonds is 13. The molecule has 2 aromatic rings. The third kappa shape index (κ3) is 5.43. The first-order chi connectivity index (χ1) is 16.8. The molecule has 1 aliphatic rings. The molecule has 0 heterocycles. The minimum Gasteiger partial charge on any atom is -0.507 e. The number of benzene rings is 2. The van der Waals surface area contributed by atoms with Gasteiger partial charge >= 0.3 is 0 Å². The van der Waals surface area contributed by atoms with E-state index >= 15 is 0 Å². The smallest absolute Gasteiger partial charge is 0.200 e. The van der Waals surface area contributed by atoms with Gasteiger partial charge in [0.15, 0.2) is 5.78 Å². The number of aliphatic hydroxyl groups excluding tert-OH is 2. The molecule has 188 valence electrons. The Labute approximate surface area is 202 Å². The van der Waals surface area contributed by atoms with Crippen LogP contribution in [0.3, 0.4) is 0 Å². The molecule has 0 saturated heterocycles. The highest BCUT2D eigenvalue weighted by atomic mass is 16.3. The number of Topliss-reactive ketones (excluding diaryl/α,β-unsaturated/α-hetero) is 1. The molecule has 1 aliphatic carbocycles. The van der Waals surface area contributed by atoms with Crippen LogP contribution in [0.5, 0.6) is 11.5 Å². The van der Waals surface area contributed by atoms with Crippen LogP contribution >= 0.6 is 0 Å². The SMILES string of the molecule is CC(=O)c1cc(O)c2c(c1O)C(=O)c1c(NCCNCCO)ccc(NCCNCCO)c1C2=O. The van der Waals surface area contributed by atoms with Crippen molar-refractivity contribution in [1.29, 1.82) is 0 Å². The number of ketones is 3. The summed E-state index contributed by atoms with van der Waals surface area (Å²) in [7, 11) is 0. The summed E-state index contributed by atoms with van der Waals surface area (Å²) in [6, 6.07) is 4.27. The van der Waals surface area contributed by atoms with E-state index < -0.39 is 34.4 Å². The molecule has 2 aromatic carbocycles. The van der Waals surface area contributed by atoms with Gasteiger partial charge in [-0.15, -0.1) is 0 Å². The van der Waals surface area contributed by atoms with Crippen LogP contribution in [0.25, 0.3) is 0 Å². The maximum atomic E-state index is 13.6. The summed E-state index contributed by atoms with van der Waals surface area (Å²) in [4.78, 5) is 39.1. The highest BCUT2D eigenvalue weighted by Crippen LogP contribution is 2.44. The summed E-state index contributed by atoms with van der Waals surface area (Å²) in [5.74, 6) is -3.12. The molecule has 0 bridgehead atoms. The molecule has 0 fully saturated rings. The molecule has 35 heavy (non-hydrogen) atoms. The monoisotopic (exact) mass is 486 g/mol. The van der Waals surface area contributed by atoms with E-state index in [1.165, 1.54) is 6.92 Å². The second-order valence-electron chi connectivity index (χ2n) is 7.97. The van der Waals surface area contributed by atoms with Gasteiger partial charge in [-0.25, -0.2) is 0 Å². The van der Waals surface area contributed by atoms with Gasteiger partial charge in [0.2, 0.25) is 11.6 Å². The molecule has 0 spiro atoms. The standard InChI is InChI=1S/C24H30N4O7/c1-13(31)14-12-17(32)20-21(22(14)33)24(35)19-16(28-7-5-26-9-11-30)3-2-15(18(19)23(20)34)27-6-4-25-8-10-29/h2-3,12,25-30,32-33H,4-11H2,1H3. The molecule has 11 heteroatoms. The van der Waals surface area contributed by atoms with E-state index in [9.17, 15) is 24.6 Å². The molecule has 0 radical (unpaired) electrons. The Balaban J connectivity index is 2.06. The van der Waals surface area contributed by atoms with E-state index in [0.717, 1.165) is 6.07 Å². The predicted molar refractivity (Wildman–Crippen MR) is 130 cm³/mol. The second-order valence-corrected chi connectivity index (χ2v) is 7.97. The molecule has 11 nitrogen and oxygen atoms in total. The number of aliphatic hydroxyl groups is 2. The summed E-state index contributed by atoms with van der Waals surface area (Å²) < 4.78 is 0. The molecule has 8 N–H and O–H groups in total. The molecule has 0 amide bonds.